The Labute approximate surface area is 83.6 Å². The standard InChI is InChI=1S/C10H17NO3/c1-2-8-10(6-14-8)4-3-7(5-11-10)9(12)13/h7-8,11H,2-6H2,1H3,(H,12,13). The van der Waals surface area contributed by atoms with Gasteiger partial charge in [0.05, 0.1) is 24.2 Å². The number of aliphatic carboxylic acids is 1. The van der Waals surface area contributed by atoms with Crippen molar-refractivity contribution in [3.05, 3.63) is 0 Å². The van der Waals surface area contributed by atoms with Crippen LogP contribution in [-0.4, -0.2) is 35.9 Å². The van der Waals surface area contributed by atoms with Crippen LogP contribution in [0.3, 0.4) is 0 Å². The zero-order chi connectivity index (χ0) is 10.2. The molecular formula is C10H17NO3. The van der Waals surface area contributed by atoms with Crippen molar-refractivity contribution in [2.24, 2.45) is 5.92 Å². The topological polar surface area (TPSA) is 58.6 Å². The van der Waals surface area contributed by atoms with Crippen molar-refractivity contribution in [1.29, 1.82) is 0 Å². The highest BCUT2D eigenvalue weighted by Gasteiger charge is 2.49. The molecule has 4 heteroatoms. The Morgan fingerprint density at radius 1 is 1.71 bits per heavy atom. The van der Waals surface area contributed by atoms with Crippen molar-refractivity contribution in [2.45, 2.75) is 37.8 Å². The summed E-state index contributed by atoms with van der Waals surface area (Å²) in [6.07, 6.45) is 3.01. The highest BCUT2D eigenvalue weighted by atomic mass is 16.5. The molecule has 4 nitrogen and oxygen atoms in total. The van der Waals surface area contributed by atoms with Gasteiger partial charge in [0, 0.05) is 6.54 Å². The molecule has 2 fully saturated rings. The Kier molecular flexibility index (Phi) is 2.49. The summed E-state index contributed by atoms with van der Waals surface area (Å²) in [6.45, 7) is 3.45. The van der Waals surface area contributed by atoms with Gasteiger partial charge in [0.1, 0.15) is 0 Å². The number of carbonyl (C=O) groups is 1. The largest absolute Gasteiger partial charge is 0.481 e. The smallest absolute Gasteiger partial charge is 0.307 e. The maximum Gasteiger partial charge on any atom is 0.307 e. The van der Waals surface area contributed by atoms with E-state index in [-0.39, 0.29) is 17.6 Å². The zero-order valence-electron chi connectivity index (χ0n) is 8.45. The van der Waals surface area contributed by atoms with Crippen LogP contribution in [0.5, 0.6) is 0 Å². The lowest BCUT2D eigenvalue weighted by Crippen LogP contribution is -2.69. The molecule has 0 radical (unpaired) electrons. The molecule has 0 saturated carbocycles. The first-order valence-corrected chi connectivity index (χ1v) is 5.27. The minimum absolute atomic E-state index is 0.0979. The van der Waals surface area contributed by atoms with Crippen molar-refractivity contribution in [1.82, 2.24) is 5.32 Å². The summed E-state index contributed by atoms with van der Waals surface area (Å²) >= 11 is 0. The van der Waals surface area contributed by atoms with Crippen molar-refractivity contribution in [2.75, 3.05) is 13.2 Å². The predicted molar refractivity (Wildman–Crippen MR) is 51.1 cm³/mol. The van der Waals surface area contributed by atoms with Gasteiger partial charge in [0.2, 0.25) is 0 Å². The van der Waals surface area contributed by atoms with E-state index in [2.05, 4.69) is 12.2 Å². The summed E-state index contributed by atoms with van der Waals surface area (Å²) in [6, 6.07) is 0. The first kappa shape index (κ1) is 9.93. The number of hydrogen-bond acceptors (Lipinski definition) is 3. The molecule has 2 saturated heterocycles. The first-order chi connectivity index (χ1) is 6.68. The fraction of sp³-hybridized carbons (Fsp3) is 0.900. The van der Waals surface area contributed by atoms with Crippen LogP contribution in [0.4, 0.5) is 0 Å². The van der Waals surface area contributed by atoms with Gasteiger partial charge in [0.15, 0.2) is 0 Å². The summed E-state index contributed by atoms with van der Waals surface area (Å²) in [7, 11) is 0. The average Bonchev–Trinajstić information content (AvgIpc) is 2.17. The quantitative estimate of drug-likeness (QED) is 0.684. The van der Waals surface area contributed by atoms with E-state index >= 15 is 0 Å². The molecule has 0 aromatic rings. The number of carboxylic acids is 1. The molecular weight excluding hydrogens is 182 g/mol. The Hall–Kier alpha value is -0.610. The van der Waals surface area contributed by atoms with Crippen LogP contribution in [0.1, 0.15) is 26.2 Å². The number of rotatable bonds is 2. The van der Waals surface area contributed by atoms with Crippen LogP contribution >= 0.6 is 0 Å². The molecule has 0 bridgehead atoms. The summed E-state index contributed by atoms with van der Waals surface area (Å²) in [4.78, 5) is 10.8. The van der Waals surface area contributed by atoms with E-state index < -0.39 is 5.97 Å². The number of nitrogens with one attached hydrogen (secondary N) is 1. The molecule has 1 spiro atoms. The molecule has 0 aliphatic carbocycles. The van der Waals surface area contributed by atoms with Crippen LogP contribution in [-0.2, 0) is 9.53 Å². The maximum atomic E-state index is 10.8. The van der Waals surface area contributed by atoms with E-state index in [1.807, 2.05) is 0 Å². The van der Waals surface area contributed by atoms with E-state index in [0.717, 1.165) is 25.9 Å². The van der Waals surface area contributed by atoms with Gasteiger partial charge in [-0.25, -0.2) is 0 Å². The third-order valence-corrected chi connectivity index (χ3v) is 3.52. The molecule has 2 rings (SSSR count). The zero-order valence-corrected chi connectivity index (χ0v) is 8.45. The summed E-state index contributed by atoms with van der Waals surface area (Å²) in [5.41, 5.74) is 0.0979. The summed E-state index contributed by atoms with van der Waals surface area (Å²) in [5, 5.41) is 12.2. The monoisotopic (exact) mass is 199 g/mol. The fourth-order valence-electron chi connectivity index (χ4n) is 2.47. The minimum atomic E-state index is -0.680. The average molecular weight is 199 g/mol. The lowest BCUT2D eigenvalue weighted by Gasteiger charge is -2.52. The van der Waals surface area contributed by atoms with Gasteiger partial charge in [0.25, 0.3) is 0 Å². The molecule has 2 N–H and O–H groups in total. The van der Waals surface area contributed by atoms with Crippen LogP contribution in [0.15, 0.2) is 0 Å². The second kappa shape index (κ2) is 3.51. The van der Waals surface area contributed by atoms with Crippen molar-refractivity contribution < 1.29 is 14.6 Å². The van der Waals surface area contributed by atoms with Crippen molar-refractivity contribution in [3.8, 4) is 0 Å². The molecule has 2 heterocycles. The normalized spacial score (nSPS) is 42.1. The van der Waals surface area contributed by atoms with E-state index in [0.29, 0.717) is 6.54 Å². The van der Waals surface area contributed by atoms with Gasteiger partial charge >= 0.3 is 5.97 Å². The molecule has 14 heavy (non-hydrogen) atoms. The Balaban J connectivity index is 1.92. The summed E-state index contributed by atoms with van der Waals surface area (Å²) in [5.74, 6) is -0.889. The lowest BCUT2D eigenvalue weighted by atomic mass is 9.76. The molecule has 0 aromatic carbocycles. The second-order valence-corrected chi connectivity index (χ2v) is 4.32. The highest BCUT2D eigenvalue weighted by molar-refractivity contribution is 5.70. The van der Waals surface area contributed by atoms with Crippen molar-refractivity contribution in [3.63, 3.8) is 0 Å². The van der Waals surface area contributed by atoms with Gasteiger partial charge in [-0.2, -0.15) is 0 Å². The number of ether oxygens (including phenoxy) is 1. The molecule has 0 aromatic heterocycles. The third kappa shape index (κ3) is 1.42. The van der Waals surface area contributed by atoms with Crippen LogP contribution in [0.25, 0.3) is 0 Å². The Bertz CT molecular complexity index is 232. The minimum Gasteiger partial charge on any atom is -0.481 e. The van der Waals surface area contributed by atoms with Gasteiger partial charge in [-0.1, -0.05) is 6.92 Å². The lowest BCUT2D eigenvalue weighted by molar-refractivity contribution is -0.169. The number of carboxylic acid groups (broad SMARTS) is 1. The van der Waals surface area contributed by atoms with E-state index in [9.17, 15) is 4.79 Å². The predicted octanol–water partition coefficient (Wildman–Crippen LogP) is 0.618. The molecule has 3 atom stereocenters. The second-order valence-electron chi connectivity index (χ2n) is 4.32. The molecule has 2 aliphatic heterocycles. The van der Waals surface area contributed by atoms with Crippen LogP contribution < -0.4 is 5.32 Å². The van der Waals surface area contributed by atoms with Gasteiger partial charge < -0.3 is 15.2 Å². The first-order valence-electron chi connectivity index (χ1n) is 5.27. The molecule has 3 unspecified atom stereocenters. The van der Waals surface area contributed by atoms with Crippen LogP contribution in [0, 0.1) is 5.92 Å². The molecule has 0 amide bonds. The molecule has 80 valence electrons. The summed E-state index contributed by atoms with van der Waals surface area (Å²) < 4.78 is 5.46. The Morgan fingerprint density at radius 2 is 2.50 bits per heavy atom. The van der Waals surface area contributed by atoms with Crippen molar-refractivity contribution >= 4 is 5.97 Å². The van der Waals surface area contributed by atoms with E-state index in [4.69, 9.17) is 9.84 Å². The van der Waals surface area contributed by atoms with Crippen LogP contribution in [0.2, 0.25) is 0 Å². The van der Waals surface area contributed by atoms with E-state index in [1.54, 1.807) is 0 Å². The van der Waals surface area contributed by atoms with Gasteiger partial charge in [-0.15, -0.1) is 0 Å². The third-order valence-electron chi connectivity index (χ3n) is 3.52. The van der Waals surface area contributed by atoms with Gasteiger partial charge in [-0.05, 0) is 19.3 Å². The number of piperidine rings is 1. The number of hydrogen-bond donors (Lipinski definition) is 2. The highest BCUT2D eigenvalue weighted by Crippen LogP contribution is 2.36. The van der Waals surface area contributed by atoms with E-state index in [1.165, 1.54) is 0 Å². The SMILES string of the molecule is CCC1OCC12CCC(C(=O)O)CN2. The van der Waals surface area contributed by atoms with Gasteiger partial charge in [-0.3, -0.25) is 4.79 Å². The fourth-order valence-corrected chi connectivity index (χ4v) is 2.47. The molecule has 2 aliphatic rings. The maximum absolute atomic E-state index is 10.8. The Morgan fingerprint density at radius 3 is 2.86 bits per heavy atom.